The molecule has 0 aliphatic heterocycles. The van der Waals surface area contributed by atoms with Gasteiger partial charge < -0.3 is 10.2 Å². The molecule has 0 aliphatic rings. The molecule has 1 N–H and O–H groups in total. The number of nitrogens with zero attached hydrogens (tertiary/aromatic N) is 2. The van der Waals surface area contributed by atoms with Crippen LogP contribution < -0.4 is 9.62 Å². The molecule has 7 nitrogen and oxygen atoms in total. The molecule has 2 amide bonds. The molecule has 0 aliphatic carbocycles. The zero-order chi connectivity index (χ0) is 28.0. The van der Waals surface area contributed by atoms with E-state index in [1.165, 1.54) is 41.3 Å². The fraction of sp³-hybridized carbons (Fsp3) is 0.310. The lowest BCUT2D eigenvalue weighted by atomic mass is 10.1. The molecule has 3 aromatic carbocycles. The molecule has 0 spiro atoms. The van der Waals surface area contributed by atoms with E-state index in [1.807, 2.05) is 19.9 Å². The second-order valence-electron chi connectivity index (χ2n) is 9.33. The summed E-state index contributed by atoms with van der Waals surface area (Å²) in [5.74, 6) is -1.36. The summed E-state index contributed by atoms with van der Waals surface area (Å²) in [6.07, 6.45) is 0. The average Bonchev–Trinajstić information content (AvgIpc) is 2.87. The molecule has 9 heteroatoms. The van der Waals surface area contributed by atoms with Crippen LogP contribution in [0.15, 0.2) is 71.6 Å². The number of nitrogens with one attached hydrogen (secondary N) is 1. The number of aryl methyl sites for hydroxylation is 3. The van der Waals surface area contributed by atoms with E-state index in [1.54, 1.807) is 45.0 Å². The second kappa shape index (κ2) is 12.2. The van der Waals surface area contributed by atoms with Crippen molar-refractivity contribution in [2.75, 3.05) is 17.4 Å². The highest BCUT2D eigenvalue weighted by Crippen LogP contribution is 2.28. The molecule has 0 fully saturated rings. The lowest BCUT2D eigenvalue weighted by molar-refractivity contribution is -0.139. The van der Waals surface area contributed by atoms with Gasteiger partial charge in [-0.05, 0) is 76.1 Å². The summed E-state index contributed by atoms with van der Waals surface area (Å²) in [6.45, 7) is 8.76. The predicted octanol–water partition coefficient (Wildman–Crippen LogP) is 4.50. The Morgan fingerprint density at radius 1 is 0.921 bits per heavy atom. The first kappa shape index (κ1) is 28.8. The highest BCUT2D eigenvalue weighted by Gasteiger charge is 2.33. The van der Waals surface area contributed by atoms with Gasteiger partial charge in [0.05, 0.1) is 10.6 Å². The lowest BCUT2D eigenvalue weighted by Crippen LogP contribution is -2.51. The Bertz CT molecular complexity index is 1390. The van der Waals surface area contributed by atoms with Gasteiger partial charge in [-0.1, -0.05) is 47.5 Å². The molecular weight excluding hydrogens is 505 g/mol. The van der Waals surface area contributed by atoms with Crippen LogP contribution in [-0.2, 0) is 26.2 Å². The topological polar surface area (TPSA) is 86.8 Å². The van der Waals surface area contributed by atoms with Crippen molar-refractivity contribution in [3.8, 4) is 0 Å². The number of amides is 2. The SMILES string of the molecule is CCNC(=O)[C@H](C)N(Cc1ccc(F)cc1)C(=O)CN(c1ccc(C)cc1C)S(=O)(=O)c1ccc(C)cc1. The minimum Gasteiger partial charge on any atom is -0.355 e. The number of sulfonamides is 1. The Balaban J connectivity index is 2.06. The Morgan fingerprint density at radius 3 is 2.11 bits per heavy atom. The predicted molar refractivity (Wildman–Crippen MR) is 147 cm³/mol. The number of anilines is 1. The van der Waals surface area contributed by atoms with Gasteiger partial charge in [0.1, 0.15) is 18.4 Å². The van der Waals surface area contributed by atoms with E-state index in [2.05, 4.69) is 5.32 Å². The number of likely N-dealkylation sites (N-methyl/N-ethyl adjacent to an activating group) is 1. The molecule has 0 aromatic heterocycles. The van der Waals surface area contributed by atoms with Crippen LogP contribution in [0.5, 0.6) is 0 Å². The van der Waals surface area contributed by atoms with Crippen LogP contribution in [0.2, 0.25) is 0 Å². The highest BCUT2D eigenvalue weighted by atomic mass is 32.2. The number of carbonyl (C=O) groups excluding carboxylic acids is 2. The van der Waals surface area contributed by atoms with Crippen molar-refractivity contribution >= 4 is 27.5 Å². The zero-order valence-corrected chi connectivity index (χ0v) is 23.2. The van der Waals surface area contributed by atoms with Crippen molar-refractivity contribution in [2.45, 2.75) is 52.1 Å². The molecule has 3 aromatic rings. The summed E-state index contributed by atoms with van der Waals surface area (Å²) in [5.41, 5.74) is 3.52. The highest BCUT2D eigenvalue weighted by molar-refractivity contribution is 7.92. The van der Waals surface area contributed by atoms with Gasteiger partial charge in [0.15, 0.2) is 0 Å². The number of hydrogen-bond acceptors (Lipinski definition) is 4. The average molecular weight is 540 g/mol. The molecule has 202 valence electrons. The Kier molecular flexibility index (Phi) is 9.27. The van der Waals surface area contributed by atoms with Gasteiger partial charge in [0.25, 0.3) is 10.0 Å². The third-order valence-electron chi connectivity index (χ3n) is 6.29. The van der Waals surface area contributed by atoms with E-state index in [0.717, 1.165) is 15.4 Å². The largest absolute Gasteiger partial charge is 0.355 e. The third-order valence-corrected chi connectivity index (χ3v) is 8.07. The van der Waals surface area contributed by atoms with Gasteiger partial charge in [-0.3, -0.25) is 13.9 Å². The Hall–Kier alpha value is -3.72. The fourth-order valence-electron chi connectivity index (χ4n) is 4.13. The maximum atomic E-state index is 13.9. The number of rotatable bonds is 10. The number of hydrogen-bond donors (Lipinski definition) is 1. The van der Waals surface area contributed by atoms with Gasteiger partial charge in [-0.2, -0.15) is 0 Å². The van der Waals surface area contributed by atoms with Crippen LogP contribution in [0.3, 0.4) is 0 Å². The summed E-state index contributed by atoms with van der Waals surface area (Å²) >= 11 is 0. The molecule has 0 heterocycles. The number of carbonyl (C=O) groups is 2. The summed E-state index contributed by atoms with van der Waals surface area (Å²) in [7, 11) is -4.13. The van der Waals surface area contributed by atoms with Crippen molar-refractivity contribution in [3.63, 3.8) is 0 Å². The normalized spacial score (nSPS) is 12.1. The van der Waals surface area contributed by atoms with Crippen molar-refractivity contribution in [2.24, 2.45) is 0 Å². The van der Waals surface area contributed by atoms with Crippen LogP contribution in [0.25, 0.3) is 0 Å². The summed E-state index contributed by atoms with van der Waals surface area (Å²) in [4.78, 5) is 27.9. The first-order chi connectivity index (χ1) is 17.9. The van der Waals surface area contributed by atoms with Crippen molar-refractivity contribution < 1.29 is 22.4 Å². The molecule has 0 saturated heterocycles. The molecule has 0 saturated carbocycles. The first-order valence-electron chi connectivity index (χ1n) is 12.4. The van der Waals surface area contributed by atoms with Crippen LogP contribution in [-0.4, -0.2) is 44.3 Å². The van der Waals surface area contributed by atoms with Gasteiger partial charge in [0, 0.05) is 13.1 Å². The van der Waals surface area contributed by atoms with E-state index >= 15 is 0 Å². The molecule has 1 atom stereocenters. The Morgan fingerprint density at radius 2 is 1.53 bits per heavy atom. The minimum atomic E-state index is -4.13. The van der Waals surface area contributed by atoms with E-state index < -0.39 is 34.3 Å². The number of benzene rings is 3. The maximum absolute atomic E-state index is 13.9. The van der Waals surface area contributed by atoms with Crippen molar-refractivity contribution in [1.29, 1.82) is 0 Å². The second-order valence-corrected chi connectivity index (χ2v) is 11.2. The van der Waals surface area contributed by atoms with Crippen LogP contribution in [0.4, 0.5) is 10.1 Å². The standard InChI is InChI=1S/C29H34FN3O4S/c1-6-31-29(35)23(5)32(18-24-10-12-25(30)13-11-24)28(34)19-33(27-16-9-21(3)17-22(27)4)38(36,37)26-14-7-20(2)8-15-26/h7-17,23H,6,18-19H2,1-5H3,(H,31,35)/t23-/m0/s1. The van der Waals surface area contributed by atoms with Crippen LogP contribution >= 0.6 is 0 Å². The number of halogens is 1. The van der Waals surface area contributed by atoms with E-state index in [9.17, 15) is 22.4 Å². The minimum absolute atomic E-state index is 0.00269. The molecular formula is C29H34FN3O4S. The Labute approximate surface area is 224 Å². The maximum Gasteiger partial charge on any atom is 0.264 e. The smallest absolute Gasteiger partial charge is 0.264 e. The molecule has 38 heavy (non-hydrogen) atoms. The van der Waals surface area contributed by atoms with Crippen LogP contribution in [0.1, 0.15) is 36.1 Å². The van der Waals surface area contributed by atoms with Crippen molar-refractivity contribution in [3.05, 3.63) is 94.8 Å². The van der Waals surface area contributed by atoms with E-state index in [-0.39, 0.29) is 17.3 Å². The van der Waals surface area contributed by atoms with Gasteiger partial charge in [-0.25, -0.2) is 12.8 Å². The molecule has 0 unspecified atom stereocenters. The van der Waals surface area contributed by atoms with Gasteiger partial charge in [0.2, 0.25) is 11.8 Å². The third kappa shape index (κ3) is 6.77. The van der Waals surface area contributed by atoms with Gasteiger partial charge in [-0.15, -0.1) is 0 Å². The summed E-state index contributed by atoms with van der Waals surface area (Å²) < 4.78 is 42.3. The fourth-order valence-corrected chi connectivity index (χ4v) is 5.61. The van der Waals surface area contributed by atoms with Crippen LogP contribution in [0, 0.1) is 26.6 Å². The van der Waals surface area contributed by atoms with E-state index in [0.29, 0.717) is 23.4 Å². The van der Waals surface area contributed by atoms with Crippen molar-refractivity contribution in [1.82, 2.24) is 10.2 Å². The molecule has 0 bridgehead atoms. The zero-order valence-electron chi connectivity index (χ0n) is 22.4. The molecule has 3 rings (SSSR count). The van der Waals surface area contributed by atoms with Gasteiger partial charge >= 0.3 is 0 Å². The quantitative estimate of drug-likeness (QED) is 0.411. The summed E-state index contributed by atoms with van der Waals surface area (Å²) in [6, 6.07) is 16.5. The lowest BCUT2D eigenvalue weighted by Gasteiger charge is -2.32. The summed E-state index contributed by atoms with van der Waals surface area (Å²) in [5, 5.41) is 2.71. The van der Waals surface area contributed by atoms with E-state index in [4.69, 9.17) is 0 Å². The molecule has 0 radical (unpaired) electrons. The monoisotopic (exact) mass is 539 g/mol. The first-order valence-corrected chi connectivity index (χ1v) is 13.9.